The topological polar surface area (TPSA) is 75.7 Å². The second-order valence-corrected chi connectivity index (χ2v) is 8.53. The second kappa shape index (κ2) is 8.46. The van der Waals surface area contributed by atoms with Crippen molar-refractivity contribution in [3.05, 3.63) is 53.6 Å². The van der Waals surface area contributed by atoms with E-state index in [1.165, 1.54) is 30.0 Å². The number of morpholine rings is 1. The SMILES string of the molecule is CSc1ccc(S(=O)(=O)Nc2ccc(F)cc2F)cc1C(=O)N1CCOCC1. The molecule has 1 N–H and O–H groups in total. The summed E-state index contributed by atoms with van der Waals surface area (Å²) in [4.78, 5) is 14.9. The molecule has 1 saturated heterocycles. The van der Waals surface area contributed by atoms with Gasteiger partial charge in [-0.25, -0.2) is 17.2 Å². The predicted molar refractivity (Wildman–Crippen MR) is 102 cm³/mol. The normalized spacial score (nSPS) is 14.8. The largest absolute Gasteiger partial charge is 0.378 e. The highest BCUT2D eigenvalue weighted by Crippen LogP contribution is 2.27. The molecule has 150 valence electrons. The molecule has 0 bridgehead atoms. The molecule has 1 aliphatic rings. The zero-order valence-electron chi connectivity index (χ0n) is 14.9. The lowest BCUT2D eigenvalue weighted by Crippen LogP contribution is -2.41. The number of anilines is 1. The van der Waals surface area contributed by atoms with E-state index in [9.17, 15) is 22.0 Å². The maximum Gasteiger partial charge on any atom is 0.262 e. The summed E-state index contributed by atoms with van der Waals surface area (Å²) in [5.41, 5.74) is -0.131. The van der Waals surface area contributed by atoms with Gasteiger partial charge < -0.3 is 9.64 Å². The van der Waals surface area contributed by atoms with Gasteiger partial charge in [0.1, 0.15) is 11.6 Å². The Hall–Kier alpha value is -2.17. The predicted octanol–water partition coefficient (Wildman–Crippen LogP) is 2.96. The fourth-order valence-corrected chi connectivity index (χ4v) is 4.40. The molecule has 2 aromatic carbocycles. The highest BCUT2D eigenvalue weighted by atomic mass is 32.2. The molecular formula is C18H18F2N2O4S2. The van der Waals surface area contributed by atoms with E-state index in [2.05, 4.69) is 4.72 Å². The Bertz CT molecular complexity index is 993. The van der Waals surface area contributed by atoms with Crippen molar-refractivity contribution in [3.8, 4) is 0 Å². The van der Waals surface area contributed by atoms with Gasteiger partial charge in [0.15, 0.2) is 0 Å². The van der Waals surface area contributed by atoms with Crippen LogP contribution in [0.2, 0.25) is 0 Å². The van der Waals surface area contributed by atoms with Crippen molar-refractivity contribution in [2.45, 2.75) is 9.79 Å². The van der Waals surface area contributed by atoms with Crippen molar-refractivity contribution < 1.29 is 26.7 Å². The zero-order valence-corrected chi connectivity index (χ0v) is 16.6. The van der Waals surface area contributed by atoms with Crippen molar-refractivity contribution in [2.75, 3.05) is 37.3 Å². The van der Waals surface area contributed by atoms with E-state index >= 15 is 0 Å². The average molecular weight is 428 g/mol. The number of sulfonamides is 1. The van der Waals surface area contributed by atoms with Crippen LogP contribution in [0.5, 0.6) is 0 Å². The van der Waals surface area contributed by atoms with Gasteiger partial charge in [-0.05, 0) is 36.6 Å². The number of nitrogens with one attached hydrogen (secondary N) is 1. The maximum absolute atomic E-state index is 13.8. The van der Waals surface area contributed by atoms with Gasteiger partial charge in [-0.15, -0.1) is 11.8 Å². The van der Waals surface area contributed by atoms with Gasteiger partial charge in [-0.3, -0.25) is 9.52 Å². The summed E-state index contributed by atoms with van der Waals surface area (Å²) in [6, 6.07) is 6.68. The van der Waals surface area contributed by atoms with E-state index in [-0.39, 0.29) is 22.1 Å². The number of nitrogens with zero attached hydrogens (tertiary/aromatic N) is 1. The Kier molecular flexibility index (Phi) is 6.21. The molecule has 0 aromatic heterocycles. The summed E-state index contributed by atoms with van der Waals surface area (Å²) in [7, 11) is -4.18. The Morgan fingerprint density at radius 3 is 2.50 bits per heavy atom. The van der Waals surface area contributed by atoms with Crippen molar-refractivity contribution >= 4 is 33.4 Å². The summed E-state index contributed by atoms with van der Waals surface area (Å²) in [5.74, 6) is -2.14. The van der Waals surface area contributed by atoms with Crippen LogP contribution in [0.15, 0.2) is 46.2 Å². The van der Waals surface area contributed by atoms with Crippen LogP contribution in [-0.4, -0.2) is 51.8 Å². The summed E-state index contributed by atoms with van der Waals surface area (Å²) in [6.07, 6.45) is 1.78. The Balaban J connectivity index is 1.94. The van der Waals surface area contributed by atoms with E-state index in [0.29, 0.717) is 37.3 Å². The zero-order chi connectivity index (χ0) is 20.3. The minimum atomic E-state index is -4.18. The molecule has 10 heteroatoms. The third kappa shape index (κ3) is 4.45. The average Bonchev–Trinajstić information content (AvgIpc) is 2.69. The number of thioether (sulfide) groups is 1. The fraction of sp³-hybridized carbons (Fsp3) is 0.278. The summed E-state index contributed by atoms with van der Waals surface area (Å²) in [6.45, 7) is 1.68. The number of carbonyl (C=O) groups excluding carboxylic acids is 1. The molecule has 0 spiro atoms. The summed E-state index contributed by atoms with van der Waals surface area (Å²) < 4.78 is 59.5. The van der Waals surface area contributed by atoms with Crippen LogP contribution in [0.25, 0.3) is 0 Å². The number of benzene rings is 2. The number of amides is 1. The van der Waals surface area contributed by atoms with E-state index < -0.39 is 21.7 Å². The molecule has 2 aromatic rings. The first kappa shape index (κ1) is 20.6. The van der Waals surface area contributed by atoms with Gasteiger partial charge in [-0.1, -0.05) is 0 Å². The number of carbonyl (C=O) groups is 1. The Labute approximate surface area is 165 Å². The molecule has 1 heterocycles. The van der Waals surface area contributed by atoms with Crippen LogP contribution >= 0.6 is 11.8 Å². The smallest absolute Gasteiger partial charge is 0.262 e. The first-order valence-electron chi connectivity index (χ1n) is 8.35. The molecule has 3 rings (SSSR count). The minimum absolute atomic E-state index is 0.189. The monoisotopic (exact) mass is 428 g/mol. The third-order valence-electron chi connectivity index (χ3n) is 4.19. The van der Waals surface area contributed by atoms with E-state index in [1.807, 2.05) is 0 Å². The highest BCUT2D eigenvalue weighted by molar-refractivity contribution is 7.98. The molecule has 1 amide bonds. The van der Waals surface area contributed by atoms with Crippen molar-refractivity contribution in [1.29, 1.82) is 0 Å². The summed E-state index contributed by atoms with van der Waals surface area (Å²) >= 11 is 1.32. The first-order chi connectivity index (χ1) is 13.3. The molecule has 0 aliphatic carbocycles. The number of rotatable bonds is 5. The van der Waals surface area contributed by atoms with Crippen LogP contribution in [0.4, 0.5) is 14.5 Å². The second-order valence-electron chi connectivity index (χ2n) is 6.00. The van der Waals surface area contributed by atoms with Crippen molar-refractivity contribution in [3.63, 3.8) is 0 Å². The molecule has 1 fully saturated rings. The third-order valence-corrected chi connectivity index (χ3v) is 6.34. The van der Waals surface area contributed by atoms with E-state index in [4.69, 9.17) is 4.74 Å². The van der Waals surface area contributed by atoms with Crippen molar-refractivity contribution in [1.82, 2.24) is 4.90 Å². The van der Waals surface area contributed by atoms with Crippen LogP contribution in [0, 0.1) is 11.6 Å². The first-order valence-corrected chi connectivity index (χ1v) is 11.1. The quantitative estimate of drug-likeness (QED) is 0.741. The number of hydrogen-bond acceptors (Lipinski definition) is 5. The van der Waals surface area contributed by atoms with Gasteiger partial charge >= 0.3 is 0 Å². The molecule has 0 unspecified atom stereocenters. The van der Waals surface area contributed by atoms with Crippen LogP contribution < -0.4 is 4.72 Å². The standard InChI is InChI=1S/C18H18F2N2O4S2/c1-27-17-5-3-13(11-14(17)18(23)22-6-8-26-9-7-22)28(24,25)21-16-4-2-12(19)10-15(16)20/h2-5,10-11,21H,6-9H2,1H3. The van der Waals surface area contributed by atoms with Gasteiger partial charge in [0.25, 0.3) is 15.9 Å². The minimum Gasteiger partial charge on any atom is -0.378 e. The molecule has 1 aliphatic heterocycles. The van der Waals surface area contributed by atoms with Crippen LogP contribution in [0.3, 0.4) is 0 Å². The van der Waals surface area contributed by atoms with Gasteiger partial charge in [0, 0.05) is 24.1 Å². The molecule has 0 radical (unpaired) electrons. The maximum atomic E-state index is 13.8. The van der Waals surface area contributed by atoms with E-state index in [1.54, 1.807) is 11.2 Å². The van der Waals surface area contributed by atoms with Gasteiger partial charge in [0.05, 0.1) is 29.4 Å². The van der Waals surface area contributed by atoms with Crippen LogP contribution in [-0.2, 0) is 14.8 Å². The molecule has 0 atom stereocenters. The van der Waals surface area contributed by atoms with E-state index in [0.717, 1.165) is 12.1 Å². The lowest BCUT2D eigenvalue weighted by atomic mass is 10.2. The summed E-state index contributed by atoms with van der Waals surface area (Å²) in [5, 5.41) is 0. The Morgan fingerprint density at radius 2 is 1.86 bits per heavy atom. The fourth-order valence-electron chi connectivity index (χ4n) is 2.73. The molecule has 6 nitrogen and oxygen atoms in total. The van der Waals surface area contributed by atoms with Gasteiger partial charge in [0.2, 0.25) is 0 Å². The van der Waals surface area contributed by atoms with Crippen LogP contribution in [0.1, 0.15) is 10.4 Å². The number of ether oxygens (including phenoxy) is 1. The molecule has 28 heavy (non-hydrogen) atoms. The van der Waals surface area contributed by atoms with Crippen molar-refractivity contribution in [2.24, 2.45) is 0 Å². The lowest BCUT2D eigenvalue weighted by molar-refractivity contribution is 0.0300. The highest BCUT2D eigenvalue weighted by Gasteiger charge is 2.24. The molecular weight excluding hydrogens is 410 g/mol. The number of hydrogen-bond donors (Lipinski definition) is 1. The Morgan fingerprint density at radius 1 is 1.14 bits per heavy atom. The lowest BCUT2D eigenvalue weighted by Gasteiger charge is -2.27. The number of halogens is 2. The molecule has 0 saturated carbocycles. The van der Waals surface area contributed by atoms with Gasteiger partial charge in [-0.2, -0.15) is 0 Å².